The molecule has 8 nitrogen and oxygen atoms in total. The number of methoxy groups -OCH3 is 1. The molecule has 0 aliphatic carbocycles. The van der Waals surface area contributed by atoms with Crippen molar-refractivity contribution in [1.82, 2.24) is 19.7 Å². The minimum Gasteiger partial charge on any atom is -0.508 e. The molecule has 0 spiro atoms. The molecule has 2 fully saturated rings. The molecule has 2 aromatic carbocycles. The number of nitrogens with one attached hydrogen (secondary N) is 1. The summed E-state index contributed by atoms with van der Waals surface area (Å²) in [5.74, 6) is -2.37. The fourth-order valence-corrected chi connectivity index (χ4v) is 6.10. The number of amides is 3. The summed E-state index contributed by atoms with van der Waals surface area (Å²) in [6, 6.07) is 11.2. The van der Waals surface area contributed by atoms with Crippen molar-refractivity contribution in [2.45, 2.75) is 37.3 Å². The summed E-state index contributed by atoms with van der Waals surface area (Å²) >= 11 is 0. The number of ether oxygens (including phenoxy) is 1. The average molecular weight is 511 g/mol. The highest BCUT2D eigenvalue weighted by atomic mass is 19.3. The molecule has 194 valence electrons. The van der Waals surface area contributed by atoms with E-state index in [1.807, 2.05) is 24.3 Å². The van der Waals surface area contributed by atoms with E-state index in [1.165, 1.54) is 4.90 Å². The molecule has 2 atom stereocenters. The van der Waals surface area contributed by atoms with Gasteiger partial charge in [-0.25, -0.2) is 13.6 Å². The van der Waals surface area contributed by atoms with Crippen molar-refractivity contribution in [3.8, 4) is 11.5 Å². The van der Waals surface area contributed by atoms with Crippen molar-refractivity contribution in [3.63, 3.8) is 0 Å². The van der Waals surface area contributed by atoms with Gasteiger partial charge in [-0.15, -0.1) is 0 Å². The zero-order valence-electron chi connectivity index (χ0n) is 20.6. The van der Waals surface area contributed by atoms with Gasteiger partial charge in [0, 0.05) is 49.1 Å². The number of hydrogen-bond donors (Lipinski definition) is 2. The number of aromatic hydroxyl groups is 1. The second-order valence-corrected chi connectivity index (χ2v) is 10.4. The van der Waals surface area contributed by atoms with Crippen LogP contribution in [0.4, 0.5) is 13.6 Å². The molecule has 3 aromatic rings. The molecule has 6 rings (SSSR count). The Hall–Kier alpha value is -3.66. The van der Waals surface area contributed by atoms with Crippen LogP contribution in [0, 0.1) is 0 Å². The van der Waals surface area contributed by atoms with Crippen LogP contribution < -0.4 is 4.74 Å². The van der Waals surface area contributed by atoms with Crippen molar-refractivity contribution >= 4 is 22.8 Å². The molecule has 2 saturated heterocycles. The minimum absolute atomic E-state index is 0.0368. The maximum absolute atomic E-state index is 13.9. The van der Waals surface area contributed by atoms with Gasteiger partial charge in [0.25, 0.3) is 11.8 Å². The van der Waals surface area contributed by atoms with Gasteiger partial charge in [-0.1, -0.05) is 12.1 Å². The van der Waals surface area contributed by atoms with Crippen molar-refractivity contribution in [1.29, 1.82) is 0 Å². The number of carbonyl (C=O) groups excluding carboxylic acids is 2. The van der Waals surface area contributed by atoms with Crippen LogP contribution in [0.1, 0.15) is 36.2 Å². The van der Waals surface area contributed by atoms with Gasteiger partial charge in [0.1, 0.15) is 23.1 Å². The Bertz CT molecular complexity index is 1420. The van der Waals surface area contributed by atoms with E-state index in [0.29, 0.717) is 11.3 Å². The Morgan fingerprint density at radius 1 is 1.16 bits per heavy atom. The summed E-state index contributed by atoms with van der Waals surface area (Å²) in [7, 11) is 1.59. The Morgan fingerprint density at radius 3 is 2.68 bits per heavy atom. The number of urea groups is 1. The smallest absolute Gasteiger partial charge is 0.328 e. The molecule has 10 heteroatoms. The third-order valence-electron chi connectivity index (χ3n) is 7.95. The van der Waals surface area contributed by atoms with E-state index in [9.17, 15) is 23.5 Å². The van der Waals surface area contributed by atoms with Crippen LogP contribution in [0.2, 0.25) is 0 Å². The quantitative estimate of drug-likeness (QED) is 0.509. The molecule has 3 aliphatic rings. The van der Waals surface area contributed by atoms with Crippen molar-refractivity contribution in [2.24, 2.45) is 0 Å². The first kappa shape index (κ1) is 23.7. The standard InChI is InChI=1S/C27H28F2N4O4/c1-26-14-20-19-13-18(37-2)6-7-21(19)30-22(20)23(16-4-3-5-17(34)12-16)33(26)25(36)32(24(26)35)11-10-31-9-8-27(28,29)15-31/h3-7,12-13,23,30,34H,8-11,14-15H2,1-2H3. The van der Waals surface area contributed by atoms with Crippen molar-refractivity contribution in [2.75, 3.05) is 33.3 Å². The largest absolute Gasteiger partial charge is 0.508 e. The van der Waals surface area contributed by atoms with Crippen molar-refractivity contribution < 1.29 is 28.2 Å². The second kappa shape index (κ2) is 8.17. The molecule has 0 radical (unpaired) electrons. The normalized spacial score (nSPS) is 25.1. The number of fused-ring (bicyclic) bond motifs is 4. The number of nitrogens with zero attached hydrogens (tertiary/aromatic N) is 3. The van der Waals surface area contributed by atoms with E-state index in [4.69, 9.17) is 4.74 Å². The van der Waals surface area contributed by atoms with Crippen LogP contribution >= 0.6 is 0 Å². The van der Waals surface area contributed by atoms with E-state index in [-0.39, 0.29) is 50.7 Å². The third-order valence-corrected chi connectivity index (χ3v) is 7.95. The Balaban J connectivity index is 1.43. The first-order chi connectivity index (χ1) is 17.6. The lowest BCUT2D eigenvalue weighted by atomic mass is 9.81. The number of likely N-dealkylation sites (tertiary alicyclic amines) is 1. The molecular weight excluding hydrogens is 482 g/mol. The highest BCUT2D eigenvalue weighted by Gasteiger charge is 2.60. The number of rotatable bonds is 5. The van der Waals surface area contributed by atoms with Gasteiger partial charge in [-0.05, 0) is 48.4 Å². The predicted molar refractivity (Wildman–Crippen MR) is 132 cm³/mol. The molecule has 3 amide bonds. The molecule has 3 aliphatic heterocycles. The molecule has 0 bridgehead atoms. The maximum Gasteiger partial charge on any atom is 0.328 e. The molecule has 1 aromatic heterocycles. The van der Waals surface area contributed by atoms with Crippen LogP contribution in [-0.4, -0.2) is 81.5 Å². The summed E-state index contributed by atoms with van der Waals surface area (Å²) in [6.45, 7) is 1.85. The summed E-state index contributed by atoms with van der Waals surface area (Å²) < 4.78 is 32.8. The van der Waals surface area contributed by atoms with Gasteiger partial charge >= 0.3 is 6.03 Å². The number of halogens is 2. The van der Waals surface area contributed by atoms with Crippen LogP contribution in [0.15, 0.2) is 42.5 Å². The molecule has 0 saturated carbocycles. The maximum atomic E-state index is 13.9. The van der Waals surface area contributed by atoms with Gasteiger partial charge in [0.2, 0.25) is 0 Å². The van der Waals surface area contributed by atoms with Gasteiger partial charge in [0.05, 0.1) is 13.7 Å². The first-order valence-corrected chi connectivity index (χ1v) is 12.3. The Labute approximate surface area is 212 Å². The molecular formula is C27H28F2N4O4. The zero-order valence-corrected chi connectivity index (χ0v) is 20.6. The lowest BCUT2D eigenvalue weighted by Gasteiger charge is -2.42. The average Bonchev–Trinajstić information content (AvgIpc) is 3.46. The highest BCUT2D eigenvalue weighted by Crippen LogP contribution is 2.49. The van der Waals surface area contributed by atoms with Gasteiger partial charge < -0.3 is 14.8 Å². The second-order valence-electron chi connectivity index (χ2n) is 10.4. The van der Waals surface area contributed by atoms with Gasteiger partial charge in [0.15, 0.2) is 0 Å². The zero-order chi connectivity index (χ0) is 26.1. The number of aromatic nitrogens is 1. The number of benzene rings is 2. The Morgan fingerprint density at radius 2 is 1.97 bits per heavy atom. The summed E-state index contributed by atoms with van der Waals surface area (Å²) in [5.41, 5.74) is 2.00. The van der Waals surface area contributed by atoms with Crippen LogP contribution in [0.5, 0.6) is 11.5 Å². The first-order valence-electron chi connectivity index (χ1n) is 12.3. The lowest BCUT2D eigenvalue weighted by Crippen LogP contribution is -2.53. The summed E-state index contributed by atoms with van der Waals surface area (Å²) in [4.78, 5) is 35.5. The van der Waals surface area contributed by atoms with E-state index in [2.05, 4.69) is 4.98 Å². The van der Waals surface area contributed by atoms with Crippen LogP contribution in [0.25, 0.3) is 10.9 Å². The number of alkyl halides is 2. The summed E-state index contributed by atoms with van der Waals surface area (Å²) in [6.07, 6.45) is 0.0666. The topological polar surface area (TPSA) is 89.1 Å². The third kappa shape index (κ3) is 3.65. The van der Waals surface area contributed by atoms with Crippen molar-refractivity contribution in [3.05, 3.63) is 59.3 Å². The number of H-pyrrole nitrogens is 1. The molecule has 37 heavy (non-hydrogen) atoms. The predicted octanol–water partition coefficient (Wildman–Crippen LogP) is 3.89. The van der Waals surface area contributed by atoms with Crippen LogP contribution in [-0.2, 0) is 11.2 Å². The van der Waals surface area contributed by atoms with E-state index < -0.39 is 23.5 Å². The number of hydrogen-bond acceptors (Lipinski definition) is 5. The van der Waals surface area contributed by atoms with Gasteiger partial charge in [-0.3, -0.25) is 19.5 Å². The fraction of sp³-hybridized carbons (Fsp3) is 0.407. The lowest BCUT2D eigenvalue weighted by molar-refractivity contribution is -0.133. The van der Waals surface area contributed by atoms with E-state index in [0.717, 1.165) is 22.2 Å². The van der Waals surface area contributed by atoms with Crippen LogP contribution in [0.3, 0.4) is 0 Å². The number of phenols is 1. The fourth-order valence-electron chi connectivity index (χ4n) is 6.10. The van der Waals surface area contributed by atoms with E-state index >= 15 is 0 Å². The molecule has 2 unspecified atom stereocenters. The number of imide groups is 1. The number of aromatic amines is 1. The number of phenolic OH excluding ortho intramolecular Hbond substituents is 1. The highest BCUT2D eigenvalue weighted by molar-refractivity contribution is 6.08. The molecule has 4 heterocycles. The SMILES string of the molecule is COc1ccc2[nH]c3c(c2c1)CC1(C)C(=O)N(CCN2CCC(F)(F)C2)C(=O)N1C3c1cccc(O)c1. The summed E-state index contributed by atoms with van der Waals surface area (Å²) in [5, 5.41) is 11.1. The Kier molecular flexibility index (Phi) is 5.24. The number of carbonyl (C=O) groups is 2. The minimum atomic E-state index is -2.74. The van der Waals surface area contributed by atoms with E-state index in [1.54, 1.807) is 42.0 Å². The van der Waals surface area contributed by atoms with Gasteiger partial charge in [-0.2, -0.15) is 0 Å². The molecule has 2 N–H and O–H groups in total. The monoisotopic (exact) mass is 510 g/mol.